The summed E-state index contributed by atoms with van der Waals surface area (Å²) >= 11 is 0. The van der Waals surface area contributed by atoms with E-state index in [1.54, 1.807) is 0 Å². The highest BCUT2D eigenvalue weighted by atomic mass is 16.5. The molecular formula is C15H19N3O2. The second-order valence-electron chi connectivity index (χ2n) is 5.31. The molecule has 1 aromatic heterocycles. The lowest BCUT2D eigenvalue weighted by Gasteiger charge is -2.04. The molecule has 1 unspecified atom stereocenters. The molecule has 0 bridgehead atoms. The standard InChI is InChI=1S/C15H19N3O2/c1-10(2)16-8-7-14-17-15(18-20-14)12-9-19-13-6-4-3-5-11(12)13/h3-6,10,12,16H,7-9H2,1-2H3. The number of nitrogens with one attached hydrogen (secondary N) is 1. The van der Waals surface area contributed by atoms with Crippen LogP contribution >= 0.6 is 0 Å². The van der Waals surface area contributed by atoms with E-state index < -0.39 is 0 Å². The van der Waals surface area contributed by atoms with Gasteiger partial charge in [0.15, 0.2) is 5.82 Å². The molecule has 3 rings (SSSR count). The third-order valence-electron chi connectivity index (χ3n) is 3.39. The molecule has 0 aliphatic carbocycles. The van der Waals surface area contributed by atoms with Gasteiger partial charge in [-0.05, 0) is 6.07 Å². The van der Waals surface area contributed by atoms with Gasteiger partial charge in [-0.25, -0.2) is 0 Å². The number of aromatic nitrogens is 2. The van der Waals surface area contributed by atoms with Crippen LogP contribution in [0.3, 0.4) is 0 Å². The van der Waals surface area contributed by atoms with Crippen LogP contribution in [0.4, 0.5) is 0 Å². The second-order valence-corrected chi connectivity index (χ2v) is 5.31. The van der Waals surface area contributed by atoms with Crippen LogP contribution in [0.5, 0.6) is 5.75 Å². The summed E-state index contributed by atoms with van der Waals surface area (Å²) in [6, 6.07) is 8.48. The number of nitrogens with zero attached hydrogens (tertiary/aromatic N) is 2. The number of ether oxygens (including phenoxy) is 1. The molecule has 0 saturated heterocycles. The molecule has 1 aliphatic rings. The lowest BCUT2D eigenvalue weighted by Crippen LogP contribution is -2.25. The highest BCUT2D eigenvalue weighted by Gasteiger charge is 2.29. The van der Waals surface area contributed by atoms with Crippen molar-refractivity contribution in [1.29, 1.82) is 0 Å². The molecule has 2 aromatic rings. The van der Waals surface area contributed by atoms with Gasteiger partial charge in [0, 0.05) is 24.6 Å². The fourth-order valence-corrected chi connectivity index (χ4v) is 2.36. The van der Waals surface area contributed by atoms with E-state index in [4.69, 9.17) is 9.26 Å². The molecule has 106 valence electrons. The van der Waals surface area contributed by atoms with E-state index in [1.807, 2.05) is 18.2 Å². The van der Waals surface area contributed by atoms with E-state index in [1.165, 1.54) is 0 Å². The second kappa shape index (κ2) is 5.63. The molecule has 0 radical (unpaired) electrons. The van der Waals surface area contributed by atoms with Crippen LogP contribution in [-0.4, -0.2) is 29.3 Å². The molecular weight excluding hydrogens is 254 g/mol. The maximum atomic E-state index is 5.65. The van der Waals surface area contributed by atoms with E-state index >= 15 is 0 Å². The first-order valence-electron chi connectivity index (χ1n) is 7.01. The van der Waals surface area contributed by atoms with E-state index in [2.05, 4.69) is 35.4 Å². The van der Waals surface area contributed by atoms with Crippen molar-refractivity contribution < 1.29 is 9.26 Å². The largest absolute Gasteiger partial charge is 0.492 e. The SMILES string of the molecule is CC(C)NCCc1nc(C2COc3ccccc32)no1. The summed E-state index contributed by atoms with van der Waals surface area (Å²) in [6.45, 7) is 5.66. The maximum Gasteiger partial charge on any atom is 0.227 e. The molecule has 0 amide bonds. The van der Waals surface area contributed by atoms with Crippen molar-refractivity contribution in [2.45, 2.75) is 32.2 Å². The lowest BCUT2D eigenvalue weighted by molar-refractivity contribution is 0.331. The van der Waals surface area contributed by atoms with Crippen LogP contribution in [-0.2, 0) is 6.42 Å². The van der Waals surface area contributed by atoms with Gasteiger partial charge in [0.05, 0.1) is 5.92 Å². The number of fused-ring (bicyclic) bond motifs is 1. The van der Waals surface area contributed by atoms with Crippen LogP contribution in [0, 0.1) is 0 Å². The van der Waals surface area contributed by atoms with E-state index in [0.29, 0.717) is 18.5 Å². The summed E-state index contributed by atoms with van der Waals surface area (Å²) in [5.41, 5.74) is 1.14. The van der Waals surface area contributed by atoms with Crippen molar-refractivity contribution in [2.24, 2.45) is 0 Å². The van der Waals surface area contributed by atoms with Crippen LogP contribution in [0.1, 0.15) is 37.0 Å². The van der Waals surface area contributed by atoms with E-state index in [-0.39, 0.29) is 5.92 Å². The fraction of sp³-hybridized carbons (Fsp3) is 0.467. The highest BCUT2D eigenvalue weighted by molar-refractivity contribution is 5.42. The van der Waals surface area contributed by atoms with Crippen molar-refractivity contribution in [3.8, 4) is 5.75 Å². The molecule has 1 aromatic carbocycles. The molecule has 5 heteroatoms. The van der Waals surface area contributed by atoms with Gasteiger partial charge in [-0.1, -0.05) is 37.2 Å². The van der Waals surface area contributed by atoms with Gasteiger partial charge in [-0.3, -0.25) is 0 Å². The number of hydrogen-bond donors (Lipinski definition) is 1. The summed E-state index contributed by atoms with van der Waals surface area (Å²) in [5.74, 6) is 2.40. The molecule has 1 atom stereocenters. The Morgan fingerprint density at radius 1 is 1.35 bits per heavy atom. The van der Waals surface area contributed by atoms with Crippen molar-refractivity contribution in [1.82, 2.24) is 15.5 Å². The smallest absolute Gasteiger partial charge is 0.227 e. The van der Waals surface area contributed by atoms with Gasteiger partial charge in [0.2, 0.25) is 5.89 Å². The van der Waals surface area contributed by atoms with E-state index in [0.717, 1.165) is 30.1 Å². The van der Waals surface area contributed by atoms with E-state index in [9.17, 15) is 0 Å². The van der Waals surface area contributed by atoms with Crippen LogP contribution in [0.2, 0.25) is 0 Å². The zero-order valence-electron chi connectivity index (χ0n) is 11.8. The summed E-state index contributed by atoms with van der Waals surface area (Å²) in [5, 5.41) is 7.44. The minimum absolute atomic E-state index is 0.0850. The highest BCUT2D eigenvalue weighted by Crippen LogP contribution is 2.36. The Kier molecular flexibility index (Phi) is 3.69. The van der Waals surface area contributed by atoms with Crippen molar-refractivity contribution in [3.63, 3.8) is 0 Å². The molecule has 2 heterocycles. The summed E-state index contributed by atoms with van der Waals surface area (Å²) < 4.78 is 11.0. The quantitative estimate of drug-likeness (QED) is 0.904. The molecule has 0 spiro atoms. The molecule has 20 heavy (non-hydrogen) atoms. The van der Waals surface area contributed by atoms with Gasteiger partial charge in [-0.15, -0.1) is 0 Å². The Labute approximate surface area is 118 Å². The van der Waals surface area contributed by atoms with Gasteiger partial charge in [0.25, 0.3) is 0 Å². The average molecular weight is 273 g/mol. The first-order chi connectivity index (χ1) is 9.74. The summed E-state index contributed by atoms with van der Waals surface area (Å²) in [7, 11) is 0. The minimum Gasteiger partial charge on any atom is -0.492 e. The Morgan fingerprint density at radius 3 is 3.05 bits per heavy atom. The number of para-hydroxylation sites is 1. The number of benzene rings is 1. The minimum atomic E-state index is 0.0850. The van der Waals surface area contributed by atoms with Crippen LogP contribution in [0.15, 0.2) is 28.8 Å². The Morgan fingerprint density at radius 2 is 2.20 bits per heavy atom. The van der Waals surface area contributed by atoms with Crippen LogP contribution in [0.25, 0.3) is 0 Å². The third kappa shape index (κ3) is 2.67. The molecule has 5 nitrogen and oxygen atoms in total. The molecule has 1 aliphatic heterocycles. The third-order valence-corrected chi connectivity index (χ3v) is 3.39. The lowest BCUT2D eigenvalue weighted by atomic mass is 10.0. The molecule has 0 fully saturated rings. The zero-order chi connectivity index (χ0) is 13.9. The summed E-state index contributed by atoms with van der Waals surface area (Å²) in [6.07, 6.45) is 0.750. The predicted octanol–water partition coefficient (Wildman–Crippen LogP) is 2.13. The van der Waals surface area contributed by atoms with Gasteiger partial charge >= 0.3 is 0 Å². The Bertz CT molecular complexity index is 580. The first kappa shape index (κ1) is 13.1. The van der Waals surface area contributed by atoms with Gasteiger partial charge < -0.3 is 14.6 Å². The molecule has 1 N–H and O–H groups in total. The Balaban J connectivity index is 1.69. The topological polar surface area (TPSA) is 60.2 Å². The summed E-state index contributed by atoms with van der Waals surface area (Å²) in [4.78, 5) is 4.49. The monoisotopic (exact) mass is 273 g/mol. The van der Waals surface area contributed by atoms with Crippen LogP contribution < -0.4 is 10.1 Å². The zero-order valence-corrected chi connectivity index (χ0v) is 11.8. The number of hydrogen-bond acceptors (Lipinski definition) is 5. The average Bonchev–Trinajstić information content (AvgIpc) is 3.04. The Hall–Kier alpha value is -1.88. The maximum absolute atomic E-state index is 5.65. The predicted molar refractivity (Wildman–Crippen MR) is 74.9 cm³/mol. The fourth-order valence-electron chi connectivity index (χ4n) is 2.36. The van der Waals surface area contributed by atoms with Crippen molar-refractivity contribution >= 4 is 0 Å². The normalized spacial score (nSPS) is 17.2. The van der Waals surface area contributed by atoms with Crippen molar-refractivity contribution in [3.05, 3.63) is 41.5 Å². The first-order valence-corrected chi connectivity index (χ1v) is 7.01. The molecule has 0 saturated carbocycles. The van der Waals surface area contributed by atoms with Crippen molar-refractivity contribution in [2.75, 3.05) is 13.2 Å². The number of rotatable bonds is 5. The van der Waals surface area contributed by atoms with Gasteiger partial charge in [-0.2, -0.15) is 4.98 Å². The van der Waals surface area contributed by atoms with Gasteiger partial charge in [0.1, 0.15) is 12.4 Å².